The third-order valence-electron chi connectivity index (χ3n) is 3.42. The molecule has 0 N–H and O–H groups in total. The van der Waals surface area contributed by atoms with Gasteiger partial charge in [-0.3, -0.25) is 4.79 Å². The lowest BCUT2D eigenvalue weighted by Crippen LogP contribution is -1.95. The molecule has 1 aliphatic heterocycles. The van der Waals surface area contributed by atoms with Crippen LogP contribution in [0.3, 0.4) is 0 Å². The molecule has 1 aromatic heterocycles. The Bertz CT molecular complexity index is 925. The highest BCUT2D eigenvalue weighted by Crippen LogP contribution is 2.29. The molecule has 0 saturated heterocycles. The van der Waals surface area contributed by atoms with Crippen LogP contribution in [0.2, 0.25) is 0 Å². The first-order valence-electron chi connectivity index (χ1n) is 6.27. The molecule has 0 spiro atoms. The average Bonchev–Trinajstić information content (AvgIpc) is 2.90. The summed E-state index contributed by atoms with van der Waals surface area (Å²) in [5.41, 5.74) is 3.16. The fourth-order valence-corrected chi connectivity index (χ4v) is 2.47. The first-order chi connectivity index (χ1) is 9.83. The Hall–Kier alpha value is -2.88. The molecule has 94 valence electrons. The second kappa shape index (κ2) is 4.06. The number of nitrogens with zero attached hydrogens (tertiary/aromatic N) is 3. The van der Waals surface area contributed by atoms with Gasteiger partial charge in [-0.2, -0.15) is 5.11 Å². The standard InChI is InChI=1S/C16H9N3O/c20-16-13(9-17-19-16)11-5-3-7-15-12(11)8-10-4-1-2-6-14(10)18-15/h1-9H. The molecule has 0 radical (unpaired) electrons. The number of fused-ring (bicyclic) bond motifs is 2. The number of amides is 1. The van der Waals surface area contributed by atoms with Gasteiger partial charge in [-0.05, 0) is 23.8 Å². The Morgan fingerprint density at radius 3 is 2.60 bits per heavy atom. The van der Waals surface area contributed by atoms with E-state index in [4.69, 9.17) is 0 Å². The van der Waals surface area contributed by atoms with E-state index in [-0.39, 0.29) is 5.91 Å². The zero-order chi connectivity index (χ0) is 13.5. The number of hydrogen-bond donors (Lipinski definition) is 0. The number of pyridine rings is 1. The van der Waals surface area contributed by atoms with E-state index < -0.39 is 0 Å². The Labute approximate surface area is 114 Å². The Morgan fingerprint density at radius 2 is 1.75 bits per heavy atom. The number of rotatable bonds is 1. The summed E-state index contributed by atoms with van der Waals surface area (Å²) in [6.07, 6.45) is 1.51. The largest absolute Gasteiger partial charge is 0.297 e. The maximum atomic E-state index is 11.7. The van der Waals surface area contributed by atoms with Crippen LogP contribution < -0.4 is 0 Å². The van der Waals surface area contributed by atoms with E-state index in [9.17, 15) is 4.79 Å². The molecule has 2 aromatic carbocycles. The summed E-state index contributed by atoms with van der Waals surface area (Å²) >= 11 is 0. The van der Waals surface area contributed by atoms with Crippen LogP contribution in [0.1, 0.15) is 5.56 Å². The predicted molar refractivity (Wildman–Crippen MR) is 77.1 cm³/mol. The maximum Gasteiger partial charge on any atom is 0.297 e. The third kappa shape index (κ3) is 1.55. The molecule has 4 rings (SSSR count). The van der Waals surface area contributed by atoms with Crippen LogP contribution in [0.4, 0.5) is 0 Å². The van der Waals surface area contributed by atoms with Crippen molar-refractivity contribution in [2.75, 3.05) is 0 Å². The quantitative estimate of drug-likeness (QED) is 0.625. The van der Waals surface area contributed by atoms with Crippen LogP contribution in [-0.4, -0.2) is 10.9 Å². The summed E-state index contributed by atoms with van der Waals surface area (Å²) in [5.74, 6) is -0.300. The van der Waals surface area contributed by atoms with Crippen LogP contribution in [0, 0.1) is 0 Å². The van der Waals surface area contributed by atoms with Crippen LogP contribution in [0.15, 0.2) is 65.0 Å². The average molecular weight is 259 g/mol. The maximum absolute atomic E-state index is 11.7. The number of carbonyl (C=O) groups excluding carboxylic acids is 1. The second-order valence-corrected chi connectivity index (χ2v) is 4.62. The van der Waals surface area contributed by atoms with Crippen molar-refractivity contribution in [1.82, 2.24) is 4.98 Å². The summed E-state index contributed by atoms with van der Waals surface area (Å²) in [5, 5.41) is 9.21. The molecule has 0 bridgehead atoms. The molecule has 20 heavy (non-hydrogen) atoms. The van der Waals surface area contributed by atoms with E-state index in [0.29, 0.717) is 5.57 Å². The molecular weight excluding hydrogens is 250 g/mol. The van der Waals surface area contributed by atoms with Crippen molar-refractivity contribution in [3.8, 4) is 0 Å². The number of para-hydroxylation sites is 1. The van der Waals surface area contributed by atoms with E-state index in [2.05, 4.69) is 21.3 Å². The SMILES string of the molecule is O=C1N=NC=C1c1cccc2nc3ccccc3cc12. The highest BCUT2D eigenvalue weighted by atomic mass is 16.2. The number of benzene rings is 2. The summed E-state index contributed by atoms with van der Waals surface area (Å²) in [6, 6.07) is 15.7. The topological polar surface area (TPSA) is 54.7 Å². The molecule has 4 nitrogen and oxygen atoms in total. The molecule has 2 heterocycles. The third-order valence-corrected chi connectivity index (χ3v) is 3.42. The first kappa shape index (κ1) is 11.0. The Kier molecular flexibility index (Phi) is 2.23. The molecule has 0 fully saturated rings. The summed E-state index contributed by atoms with van der Waals surface area (Å²) < 4.78 is 0. The van der Waals surface area contributed by atoms with Crippen molar-refractivity contribution < 1.29 is 4.79 Å². The molecule has 0 aliphatic carbocycles. The van der Waals surface area contributed by atoms with E-state index in [1.54, 1.807) is 0 Å². The Morgan fingerprint density at radius 1 is 0.900 bits per heavy atom. The number of hydrogen-bond acceptors (Lipinski definition) is 3. The molecular formula is C16H9N3O. The lowest BCUT2D eigenvalue weighted by molar-refractivity contribution is -0.112. The van der Waals surface area contributed by atoms with Crippen LogP contribution in [-0.2, 0) is 4.79 Å². The number of aromatic nitrogens is 1. The van der Waals surface area contributed by atoms with Gasteiger partial charge in [-0.1, -0.05) is 30.3 Å². The lowest BCUT2D eigenvalue weighted by atomic mass is 10.00. The molecule has 1 amide bonds. The van der Waals surface area contributed by atoms with E-state index in [1.165, 1.54) is 6.20 Å². The van der Waals surface area contributed by atoms with Gasteiger partial charge in [0.2, 0.25) is 0 Å². The van der Waals surface area contributed by atoms with Gasteiger partial charge in [0.15, 0.2) is 0 Å². The highest BCUT2D eigenvalue weighted by molar-refractivity contribution is 6.24. The predicted octanol–water partition coefficient (Wildman–Crippen LogP) is 3.72. The fourth-order valence-electron chi connectivity index (χ4n) is 2.47. The molecule has 1 aliphatic rings. The first-order valence-corrected chi connectivity index (χ1v) is 6.27. The molecule has 3 aromatic rings. The van der Waals surface area contributed by atoms with Crippen molar-refractivity contribution in [1.29, 1.82) is 0 Å². The van der Waals surface area contributed by atoms with E-state index in [0.717, 1.165) is 27.4 Å². The lowest BCUT2D eigenvalue weighted by Gasteiger charge is -2.06. The Balaban J connectivity index is 2.07. The van der Waals surface area contributed by atoms with Gasteiger partial charge in [0.05, 0.1) is 22.8 Å². The highest BCUT2D eigenvalue weighted by Gasteiger charge is 2.18. The smallest absolute Gasteiger partial charge is 0.265 e. The molecule has 0 unspecified atom stereocenters. The molecule has 0 saturated carbocycles. The fraction of sp³-hybridized carbons (Fsp3) is 0. The number of carbonyl (C=O) groups is 1. The molecule has 0 atom stereocenters. The minimum absolute atomic E-state index is 0.300. The van der Waals surface area contributed by atoms with Gasteiger partial charge in [-0.15, -0.1) is 5.11 Å². The molecule has 4 heteroatoms. The van der Waals surface area contributed by atoms with Crippen molar-refractivity contribution in [2.45, 2.75) is 0 Å². The van der Waals surface area contributed by atoms with Crippen molar-refractivity contribution in [3.63, 3.8) is 0 Å². The second-order valence-electron chi connectivity index (χ2n) is 4.62. The van der Waals surface area contributed by atoms with Gasteiger partial charge in [0.25, 0.3) is 5.91 Å². The van der Waals surface area contributed by atoms with Crippen molar-refractivity contribution >= 4 is 33.3 Å². The van der Waals surface area contributed by atoms with E-state index in [1.807, 2.05) is 42.5 Å². The van der Waals surface area contributed by atoms with Gasteiger partial charge in [0, 0.05) is 10.8 Å². The van der Waals surface area contributed by atoms with Crippen LogP contribution in [0.25, 0.3) is 27.4 Å². The summed E-state index contributed by atoms with van der Waals surface area (Å²) in [4.78, 5) is 16.4. The summed E-state index contributed by atoms with van der Waals surface area (Å²) in [6.45, 7) is 0. The van der Waals surface area contributed by atoms with Gasteiger partial charge in [-0.25, -0.2) is 4.98 Å². The minimum Gasteiger partial charge on any atom is -0.265 e. The normalized spacial score (nSPS) is 14.2. The minimum atomic E-state index is -0.300. The van der Waals surface area contributed by atoms with Crippen LogP contribution in [0.5, 0.6) is 0 Å². The monoisotopic (exact) mass is 259 g/mol. The summed E-state index contributed by atoms with van der Waals surface area (Å²) in [7, 11) is 0. The van der Waals surface area contributed by atoms with Gasteiger partial charge >= 0.3 is 0 Å². The van der Waals surface area contributed by atoms with Crippen molar-refractivity contribution in [2.24, 2.45) is 10.2 Å². The van der Waals surface area contributed by atoms with E-state index >= 15 is 0 Å². The van der Waals surface area contributed by atoms with Gasteiger partial charge < -0.3 is 0 Å². The number of azo groups is 1. The zero-order valence-electron chi connectivity index (χ0n) is 10.4. The van der Waals surface area contributed by atoms with Gasteiger partial charge in [0.1, 0.15) is 0 Å². The van der Waals surface area contributed by atoms with Crippen molar-refractivity contribution in [3.05, 3.63) is 60.3 Å². The van der Waals surface area contributed by atoms with Crippen LogP contribution >= 0.6 is 0 Å². The zero-order valence-corrected chi connectivity index (χ0v) is 10.4.